The Bertz CT molecular complexity index is 391. The van der Waals surface area contributed by atoms with Gasteiger partial charge in [0.15, 0.2) is 0 Å². The molecule has 0 bridgehead atoms. The summed E-state index contributed by atoms with van der Waals surface area (Å²) in [6.45, 7) is 7.90. The first-order valence-corrected chi connectivity index (χ1v) is 7.21. The summed E-state index contributed by atoms with van der Waals surface area (Å²) in [6.07, 6.45) is 3.51. The van der Waals surface area contributed by atoms with Crippen LogP contribution < -0.4 is 15.4 Å². The minimum absolute atomic E-state index is 0.665. The van der Waals surface area contributed by atoms with Crippen molar-refractivity contribution in [3.8, 4) is 5.88 Å². The number of piperidine rings is 1. The van der Waals surface area contributed by atoms with Gasteiger partial charge < -0.3 is 15.4 Å². The molecule has 0 radical (unpaired) electrons. The third kappa shape index (κ3) is 4.67. The molecule has 1 unspecified atom stereocenters. The van der Waals surface area contributed by atoms with Gasteiger partial charge in [0.2, 0.25) is 11.8 Å². The molecule has 2 heterocycles. The van der Waals surface area contributed by atoms with Crippen LogP contribution in [0, 0.1) is 12.8 Å². The molecule has 106 valence electrons. The van der Waals surface area contributed by atoms with Crippen LogP contribution in [0.1, 0.15) is 31.9 Å². The largest absolute Gasteiger partial charge is 0.478 e. The number of ether oxygens (including phenoxy) is 1. The topological polar surface area (TPSA) is 59.1 Å². The zero-order valence-corrected chi connectivity index (χ0v) is 11.9. The van der Waals surface area contributed by atoms with Gasteiger partial charge in [0.05, 0.1) is 6.61 Å². The van der Waals surface area contributed by atoms with Crippen LogP contribution in [-0.4, -0.2) is 36.2 Å². The van der Waals surface area contributed by atoms with Gasteiger partial charge in [-0.05, 0) is 45.2 Å². The van der Waals surface area contributed by atoms with Gasteiger partial charge in [0, 0.05) is 18.3 Å². The summed E-state index contributed by atoms with van der Waals surface area (Å²) in [5.41, 5.74) is 0.936. The lowest BCUT2D eigenvalue weighted by atomic mass is 10.00. The number of aryl methyl sites for hydroxylation is 1. The Labute approximate surface area is 115 Å². The first kappa shape index (κ1) is 14.1. The minimum Gasteiger partial charge on any atom is -0.478 e. The number of anilines is 1. The van der Waals surface area contributed by atoms with Gasteiger partial charge in [-0.3, -0.25) is 0 Å². The second kappa shape index (κ2) is 7.28. The highest BCUT2D eigenvalue weighted by Crippen LogP contribution is 2.14. The summed E-state index contributed by atoms with van der Waals surface area (Å²) >= 11 is 0. The van der Waals surface area contributed by atoms with Crippen molar-refractivity contribution in [3.63, 3.8) is 0 Å². The number of rotatable bonds is 6. The number of aromatic nitrogens is 2. The van der Waals surface area contributed by atoms with Gasteiger partial charge in [0.25, 0.3) is 0 Å². The Balaban J connectivity index is 1.89. The summed E-state index contributed by atoms with van der Waals surface area (Å²) in [7, 11) is 0. The molecule has 5 nitrogen and oxygen atoms in total. The summed E-state index contributed by atoms with van der Waals surface area (Å²) in [5, 5.41) is 6.75. The first-order valence-electron chi connectivity index (χ1n) is 7.21. The van der Waals surface area contributed by atoms with E-state index < -0.39 is 0 Å². The molecule has 1 saturated heterocycles. The lowest BCUT2D eigenvalue weighted by molar-refractivity contribution is 0.304. The van der Waals surface area contributed by atoms with Crippen LogP contribution in [0.3, 0.4) is 0 Å². The molecule has 1 aromatic heterocycles. The van der Waals surface area contributed by atoms with Crippen molar-refractivity contribution in [2.45, 2.75) is 33.1 Å². The fourth-order valence-electron chi connectivity index (χ4n) is 2.23. The van der Waals surface area contributed by atoms with E-state index in [9.17, 15) is 0 Å². The van der Waals surface area contributed by atoms with E-state index in [1.807, 2.05) is 13.0 Å². The molecule has 0 spiro atoms. The van der Waals surface area contributed by atoms with E-state index in [1.54, 1.807) is 0 Å². The number of nitrogens with one attached hydrogen (secondary N) is 2. The number of nitrogens with zero attached hydrogens (tertiary/aromatic N) is 2. The average molecular weight is 264 g/mol. The zero-order valence-electron chi connectivity index (χ0n) is 11.9. The van der Waals surface area contributed by atoms with Crippen LogP contribution in [0.4, 0.5) is 5.95 Å². The minimum atomic E-state index is 0.665. The fourth-order valence-corrected chi connectivity index (χ4v) is 2.23. The van der Waals surface area contributed by atoms with Gasteiger partial charge in [-0.2, -0.15) is 4.98 Å². The second-order valence-corrected chi connectivity index (χ2v) is 5.11. The lowest BCUT2D eigenvalue weighted by Crippen LogP contribution is -2.33. The average Bonchev–Trinajstić information content (AvgIpc) is 2.43. The third-order valence-corrected chi connectivity index (χ3v) is 3.23. The predicted molar refractivity (Wildman–Crippen MR) is 76.6 cm³/mol. The quantitative estimate of drug-likeness (QED) is 0.823. The highest BCUT2D eigenvalue weighted by Gasteiger charge is 2.13. The normalized spacial score (nSPS) is 19.2. The standard InChI is InChI=1S/C14H24N4O/c1-3-7-19-13-8-11(2)17-14(18-13)16-10-12-5-4-6-15-9-12/h8,12,15H,3-7,9-10H2,1-2H3,(H,16,17,18). The van der Waals surface area contributed by atoms with E-state index in [-0.39, 0.29) is 0 Å². The van der Waals surface area contributed by atoms with E-state index in [2.05, 4.69) is 27.5 Å². The molecule has 0 aliphatic carbocycles. The molecule has 1 fully saturated rings. The van der Waals surface area contributed by atoms with Crippen molar-refractivity contribution in [2.75, 3.05) is 31.6 Å². The van der Waals surface area contributed by atoms with Crippen LogP contribution in [-0.2, 0) is 0 Å². The predicted octanol–water partition coefficient (Wildman–Crippen LogP) is 1.99. The smallest absolute Gasteiger partial charge is 0.226 e. The number of hydrogen-bond acceptors (Lipinski definition) is 5. The maximum absolute atomic E-state index is 5.57. The molecule has 0 saturated carbocycles. The van der Waals surface area contributed by atoms with Gasteiger partial charge in [-0.25, -0.2) is 4.98 Å². The van der Waals surface area contributed by atoms with Crippen LogP contribution in [0.15, 0.2) is 6.07 Å². The Kier molecular flexibility index (Phi) is 5.39. The van der Waals surface area contributed by atoms with Crippen molar-refractivity contribution in [3.05, 3.63) is 11.8 Å². The van der Waals surface area contributed by atoms with E-state index in [0.717, 1.165) is 31.7 Å². The van der Waals surface area contributed by atoms with Crippen molar-refractivity contribution in [2.24, 2.45) is 5.92 Å². The van der Waals surface area contributed by atoms with Crippen molar-refractivity contribution in [1.29, 1.82) is 0 Å². The zero-order chi connectivity index (χ0) is 13.5. The molecule has 0 amide bonds. The maximum atomic E-state index is 5.57. The summed E-state index contributed by atoms with van der Waals surface area (Å²) < 4.78 is 5.57. The van der Waals surface area contributed by atoms with Crippen molar-refractivity contribution in [1.82, 2.24) is 15.3 Å². The number of hydrogen-bond donors (Lipinski definition) is 2. The second-order valence-electron chi connectivity index (χ2n) is 5.11. The van der Waals surface area contributed by atoms with Crippen LogP contribution in [0.25, 0.3) is 0 Å². The molecular formula is C14H24N4O. The highest BCUT2D eigenvalue weighted by molar-refractivity contribution is 5.30. The maximum Gasteiger partial charge on any atom is 0.226 e. The van der Waals surface area contributed by atoms with Crippen molar-refractivity contribution < 1.29 is 4.74 Å². The molecule has 1 atom stereocenters. The Hall–Kier alpha value is -1.36. The highest BCUT2D eigenvalue weighted by atomic mass is 16.5. The Morgan fingerprint density at radius 3 is 3.11 bits per heavy atom. The SMILES string of the molecule is CCCOc1cc(C)nc(NCC2CCCNC2)n1. The van der Waals surface area contributed by atoms with Gasteiger partial charge in [-0.15, -0.1) is 0 Å². The molecule has 1 aromatic rings. The first-order chi connectivity index (χ1) is 9.28. The summed E-state index contributed by atoms with van der Waals surface area (Å²) in [4.78, 5) is 8.79. The molecular weight excluding hydrogens is 240 g/mol. The van der Waals surface area contributed by atoms with Gasteiger partial charge in [-0.1, -0.05) is 6.92 Å². The Morgan fingerprint density at radius 2 is 2.37 bits per heavy atom. The molecule has 1 aliphatic heterocycles. The van der Waals surface area contributed by atoms with E-state index >= 15 is 0 Å². The Morgan fingerprint density at radius 1 is 1.47 bits per heavy atom. The van der Waals surface area contributed by atoms with Crippen LogP contribution >= 0.6 is 0 Å². The van der Waals surface area contributed by atoms with E-state index in [1.165, 1.54) is 12.8 Å². The van der Waals surface area contributed by atoms with Crippen molar-refractivity contribution >= 4 is 5.95 Å². The summed E-state index contributed by atoms with van der Waals surface area (Å²) in [5.74, 6) is 2.01. The van der Waals surface area contributed by atoms with Crippen LogP contribution in [0.5, 0.6) is 5.88 Å². The molecule has 2 N–H and O–H groups in total. The molecule has 5 heteroatoms. The summed E-state index contributed by atoms with van der Waals surface area (Å²) in [6, 6.07) is 1.88. The van der Waals surface area contributed by atoms with Crippen LogP contribution in [0.2, 0.25) is 0 Å². The molecule has 0 aromatic carbocycles. The molecule has 1 aliphatic rings. The van der Waals surface area contributed by atoms with E-state index in [0.29, 0.717) is 24.4 Å². The molecule has 19 heavy (non-hydrogen) atoms. The lowest BCUT2D eigenvalue weighted by Gasteiger charge is -2.22. The van der Waals surface area contributed by atoms with Gasteiger partial charge >= 0.3 is 0 Å². The molecule has 2 rings (SSSR count). The van der Waals surface area contributed by atoms with Gasteiger partial charge in [0.1, 0.15) is 0 Å². The fraction of sp³-hybridized carbons (Fsp3) is 0.714. The monoisotopic (exact) mass is 264 g/mol. The van der Waals surface area contributed by atoms with E-state index in [4.69, 9.17) is 4.74 Å². The third-order valence-electron chi connectivity index (χ3n) is 3.23.